The first kappa shape index (κ1) is 15.3. The minimum atomic E-state index is 0.570. The van der Waals surface area contributed by atoms with Crippen LogP contribution in [0.15, 0.2) is 53.8 Å². The first-order valence-corrected chi connectivity index (χ1v) is 10.6. The van der Waals surface area contributed by atoms with Crippen molar-refractivity contribution in [3.8, 4) is 0 Å². The SMILES string of the molecule is C1=CC2C3=CC(c4cccc5c4NC4=CCCCC45)CCC3NC2CC1. The van der Waals surface area contributed by atoms with Gasteiger partial charge in [0.15, 0.2) is 0 Å². The second-order valence-corrected chi connectivity index (χ2v) is 8.79. The third-order valence-electron chi connectivity index (χ3n) is 7.39. The molecule has 1 fully saturated rings. The summed E-state index contributed by atoms with van der Waals surface area (Å²) in [5.41, 5.74) is 7.67. The van der Waals surface area contributed by atoms with Crippen molar-refractivity contribution >= 4 is 5.69 Å². The third kappa shape index (κ3) is 2.21. The van der Waals surface area contributed by atoms with E-state index < -0.39 is 0 Å². The Bertz CT molecular complexity index is 831. The van der Waals surface area contributed by atoms with Crippen LogP contribution in [0.1, 0.15) is 67.9 Å². The summed E-state index contributed by atoms with van der Waals surface area (Å²) in [5, 5.41) is 7.74. The van der Waals surface area contributed by atoms with Gasteiger partial charge in [0.1, 0.15) is 0 Å². The van der Waals surface area contributed by atoms with E-state index in [4.69, 9.17) is 0 Å². The Labute approximate surface area is 156 Å². The van der Waals surface area contributed by atoms with Gasteiger partial charge in [-0.1, -0.05) is 42.5 Å². The zero-order valence-electron chi connectivity index (χ0n) is 15.4. The van der Waals surface area contributed by atoms with Crippen LogP contribution in [0.5, 0.6) is 0 Å². The van der Waals surface area contributed by atoms with Gasteiger partial charge in [0, 0.05) is 41.2 Å². The predicted molar refractivity (Wildman–Crippen MR) is 107 cm³/mol. The van der Waals surface area contributed by atoms with Crippen LogP contribution in [0.2, 0.25) is 0 Å². The molecule has 0 saturated carbocycles. The average molecular weight is 345 g/mol. The van der Waals surface area contributed by atoms with Crippen molar-refractivity contribution in [3.05, 3.63) is 64.9 Å². The van der Waals surface area contributed by atoms with Crippen LogP contribution in [0.3, 0.4) is 0 Å². The van der Waals surface area contributed by atoms with E-state index in [2.05, 4.69) is 53.1 Å². The fourth-order valence-corrected chi connectivity index (χ4v) is 6.15. The summed E-state index contributed by atoms with van der Waals surface area (Å²) < 4.78 is 0. The molecule has 26 heavy (non-hydrogen) atoms. The van der Waals surface area contributed by atoms with E-state index in [9.17, 15) is 0 Å². The topological polar surface area (TPSA) is 24.1 Å². The highest BCUT2D eigenvalue weighted by Crippen LogP contribution is 2.49. The molecule has 3 aliphatic carbocycles. The van der Waals surface area contributed by atoms with Gasteiger partial charge in [-0.2, -0.15) is 0 Å². The number of fused-ring (bicyclic) bond motifs is 6. The van der Waals surface area contributed by atoms with E-state index in [0.717, 1.165) is 0 Å². The number of benzene rings is 1. The zero-order valence-corrected chi connectivity index (χ0v) is 15.4. The lowest BCUT2D eigenvalue weighted by Gasteiger charge is -2.27. The van der Waals surface area contributed by atoms with Crippen molar-refractivity contribution in [2.45, 2.75) is 68.9 Å². The summed E-state index contributed by atoms with van der Waals surface area (Å²) >= 11 is 0. The maximum Gasteiger partial charge on any atom is 0.0459 e. The fourth-order valence-electron chi connectivity index (χ4n) is 6.15. The van der Waals surface area contributed by atoms with Crippen LogP contribution in [-0.2, 0) is 0 Å². The standard InChI is InChI=1S/C24H28N2/c1-4-11-22-17(6-1)19-9-5-8-16(24(19)26-22)15-12-13-23-20(14-15)18-7-2-3-10-21(18)25-23/h2,5,7-9,11,14-15,17-18,21,23,25-26H,1,3-4,6,10,12-13H2. The van der Waals surface area contributed by atoms with Crippen LogP contribution < -0.4 is 10.6 Å². The Hall–Kier alpha value is -1.80. The van der Waals surface area contributed by atoms with Crippen LogP contribution in [-0.4, -0.2) is 12.1 Å². The normalized spacial score (nSPS) is 37.0. The number of hydrogen-bond acceptors (Lipinski definition) is 2. The minimum absolute atomic E-state index is 0.570. The van der Waals surface area contributed by atoms with E-state index in [1.807, 2.05) is 0 Å². The maximum atomic E-state index is 3.92. The molecule has 0 amide bonds. The van der Waals surface area contributed by atoms with Gasteiger partial charge in [-0.3, -0.25) is 0 Å². The summed E-state index contributed by atoms with van der Waals surface area (Å²) in [6.45, 7) is 0. The highest BCUT2D eigenvalue weighted by atomic mass is 15.0. The molecule has 0 bridgehead atoms. The Balaban J connectivity index is 1.39. The number of nitrogens with one attached hydrogen (secondary N) is 2. The molecule has 0 aromatic heterocycles. The lowest BCUT2D eigenvalue weighted by atomic mass is 9.77. The average Bonchev–Trinajstić information content (AvgIpc) is 3.25. The molecule has 1 aromatic rings. The monoisotopic (exact) mass is 344 g/mol. The molecule has 1 aromatic carbocycles. The van der Waals surface area contributed by atoms with Crippen molar-refractivity contribution in [1.29, 1.82) is 0 Å². The van der Waals surface area contributed by atoms with E-state index in [1.165, 1.54) is 61.9 Å². The number of allylic oxidation sites excluding steroid dienone is 4. The summed E-state index contributed by atoms with van der Waals surface area (Å²) in [7, 11) is 0. The van der Waals surface area contributed by atoms with Gasteiger partial charge in [-0.05, 0) is 61.6 Å². The highest BCUT2D eigenvalue weighted by molar-refractivity contribution is 5.71. The Morgan fingerprint density at radius 1 is 0.962 bits per heavy atom. The second-order valence-electron chi connectivity index (χ2n) is 8.79. The Morgan fingerprint density at radius 3 is 2.92 bits per heavy atom. The van der Waals surface area contributed by atoms with E-state index in [-0.39, 0.29) is 0 Å². The third-order valence-corrected chi connectivity index (χ3v) is 7.39. The van der Waals surface area contributed by atoms with Gasteiger partial charge in [-0.25, -0.2) is 0 Å². The van der Waals surface area contributed by atoms with E-state index in [0.29, 0.717) is 29.8 Å². The molecular weight excluding hydrogens is 316 g/mol. The molecule has 0 spiro atoms. The van der Waals surface area contributed by atoms with Gasteiger partial charge < -0.3 is 10.6 Å². The first-order chi connectivity index (χ1) is 12.9. The number of anilines is 1. The van der Waals surface area contributed by atoms with Crippen molar-refractivity contribution < 1.29 is 0 Å². The highest BCUT2D eigenvalue weighted by Gasteiger charge is 2.40. The van der Waals surface area contributed by atoms with Crippen molar-refractivity contribution in [3.63, 3.8) is 0 Å². The van der Waals surface area contributed by atoms with E-state index in [1.54, 1.807) is 11.1 Å². The van der Waals surface area contributed by atoms with Crippen LogP contribution in [0.4, 0.5) is 5.69 Å². The van der Waals surface area contributed by atoms with Crippen molar-refractivity contribution in [1.82, 2.24) is 5.32 Å². The van der Waals surface area contributed by atoms with Crippen LogP contribution >= 0.6 is 0 Å². The Morgan fingerprint density at radius 2 is 1.92 bits per heavy atom. The second kappa shape index (κ2) is 5.85. The number of rotatable bonds is 1. The molecule has 2 heteroatoms. The largest absolute Gasteiger partial charge is 0.358 e. The van der Waals surface area contributed by atoms with Gasteiger partial charge in [-0.15, -0.1) is 0 Å². The van der Waals surface area contributed by atoms with Gasteiger partial charge >= 0.3 is 0 Å². The maximum absolute atomic E-state index is 3.92. The van der Waals surface area contributed by atoms with Crippen molar-refractivity contribution in [2.75, 3.05) is 5.32 Å². The van der Waals surface area contributed by atoms with Crippen LogP contribution in [0, 0.1) is 5.92 Å². The zero-order chi connectivity index (χ0) is 17.1. The first-order valence-electron chi connectivity index (χ1n) is 10.6. The summed E-state index contributed by atoms with van der Waals surface area (Å²) in [6.07, 6.45) is 18.9. The predicted octanol–water partition coefficient (Wildman–Crippen LogP) is 5.37. The molecular formula is C24H28N2. The lowest BCUT2D eigenvalue weighted by Crippen LogP contribution is -2.32. The molecule has 1 saturated heterocycles. The minimum Gasteiger partial charge on any atom is -0.358 e. The van der Waals surface area contributed by atoms with Crippen molar-refractivity contribution in [2.24, 2.45) is 5.92 Å². The van der Waals surface area contributed by atoms with Gasteiger partial charge in [0.25, 0.3) is 0 Å². The molecule has 2 nitrogen and oxygen atoms in total. The smallest absolute Gasteiger partial charge is 0.0459 e. The molecule has 5 unspecified atom stereocenters. The molecule has 6 rings (SSSR count). The Kier molecular flexibility index (Phi) is 3.44. The molecule has 2 aliphatic heterocycles. The molecule has 5 atom stereocenters. The molecule has 2 N–H and O–H groups in total. The molecule has 2 heterocycles. The number of hydrogen-bond donors (Lipinski definition) is 2. The quantitative estimate of drug-likeness (QED) is 0.669. The molecule has 5 aliphatic rings. The molecule has 134 valence electrons. The summed E-state index contributed by atoms with van der Waals surface area (Å²) in [4.78, 5) is 0. The van der Waals surface area contributed by atoms with E-state index >= 15 is 0 Å². The van der Waals surface area contributed by atoms with Gasteiger partial charge in [0.05, 0.1) is 0 Å². The number of para-hydroxylation sites is 1. The summed E-state index contributed by atoms with van der Waals surface area (Å²) in [5.74, 6) is 1.84. The summed E-state index contributed by atoms with van der Waals surface area (Å²) in [6, 6.07) is 8.34. The van der Waals surface area contributed by atoms with Gasteiger partial charge in [0.2, 0.25) is 0 Å². The van der Waals surface area contributed by atoms with Crippen LogP contribution in [0.25, 0.3) is 0 Å². The molecule has 0 radical (unpaired) electrons. The lowest BCUT2D eigenvalue weighted by molar-refractivity contribution is 0.453. The fraction of sp³-hybridized carbons (Fsp3) is 0.500.